The van der Waals surface area contributed by atoms with Crippen LogP contribution in [0.4, 0.5) is 17.2 Å². The lowest BCUT2D eigenvalue weighted by Gasteiger charge is -2.26. The van der Waals surface area contributed by atoms with Crippen molar-refractivity contribution in [1.82, 2.24) is 4.57 Å². The van der Waals surface area contributed by atoms with E-state index in [9.17, 15) is 0 Å². The zero-order valence-corrected chi connectivity index (χ0v) is 21.9. The minimum absolute atomic E-state index is 1.13. The van der Waals surface area contributed by atoms with E-state index in [2.05, 4.69) is 167 Å². The van der Waals surface area contributed by atoms with E-state index >= 15 is 0 Å². The molecule has 0 saturated carbocycles. The van der Waals surface area contributed by atoms with Gasteiger partial charge in [0.1, 0.15) is 5.82 Å². The van der Waals surface area contributed by atoms with Crippen molar-refractivity contribution in [2.45, 2.75) is 0 Å². The van der Waals surface area contributed by atoms with Gasteiger partial charge in [-0.2, -0.15) is 0 Å². The van der Waals surface area contributed by atoms with Gasteiger partial charge >= 0.3 is 0 Å². The lowest BCUT2D eigenvalue weighted by molar-refractivity contribution is 1.09. The molecule has 0 N–H and O–H groups in total. The van der Waals surface area contributed by atoms with E-state index in [1.807, 2.05) is 0 Å². The third kappa shape index (κ3) is 3.58. The maximum absolute atomic E-state index is 2.40. The van der Waals surface area contributed by atoms with E-state index in [1.54, 1.807) is 0 Å². The van der Waals surface area contributed by atoms with E-state index < -0.39 is 0 Å². The third-order valence-electron chi connectivity index (χ3n) is 7.95. The first kappa shape index (κ1) is 22.6. The van der Waals surface area contributed by atoms with Gasteiger partial charge in [0.05, 0.1) is 16.9 Å². The van der Waals surface area contributed by atoms with Gasteiger partial charge in [-0.25, -0.2) is 0 Å². The zero-order chi connectivity index (χ0) is 26.5. The van der Waals surface area contributed by atoms with Crippen molar-refractivity contribution in [2.24, 2.45) is 0 Å². The molecule has 2 nitrogen and oxygen atoms in total. The number of benzene rings is 6. The lowest BCUT2D eigenvalue weighted by atomic mass is 9.99. The van der Waals surface area contributed by atoms with Crippen LogP contribution in [-0.2, 0) is 0 Å². The van der Waals surface area contributed by atoms with Gasteiger partial charge in [-0.1, -0.05) is 121 Å². The van der Waals surface area contributed by atoms with Crippen LogP contribution in [0.3, 0.4) is 0 Å². The fraction of sp³-hybridized carbons (Fsp3) is 0. The molecule has 0 atom stereocenters. The van der Waals surface area contributed by atoms with Crippen molar-refractivity contribution < 1.29 is 0 Å². The van der Waals surface area contributed by atoms with Crippen LogP contribution in [0.5, 0.6) is 0 Å². The highest BCUT2D eigenvalue weighted by atomic mass is 15.3. The van der Waals surface area contributed by atoms with E-state index in [-0.39, 0.29) is 0 Å². The van der Waals surface area contributed by atoms with Crippen LogP contribution in [0, 0.1) is 0 Å². The molecular formula is C38H26N2. The summed E-state index contributed by atoms with van der Waals surface area (Å²) in [6, 6.07) is 56.8. The molecule has 8 rings (SSSR count). The molecule has 188 valence electrons. The Balaban J connectivity index is 1.26. The maximum atomic E-state index is 2.40. The van der Waals surface area contributed by atoms with Crippen molar-refractivity contribution in [2.75, 3.05) is 4.90 Å². The summed E-state index contributed by atoms with van der Waals surface area (Å²) in [5, 5.41) is 1.23. The summed E-state index contributed by atoms with van der Waals surface area (Å²) in [4.78, 5) is 2.40. The SMILES string of the molecule is c1ccc(-c2ccc(-c3ccc(N4c5ccccc5-c5ccccc5-n5c4cc4ccccc45)cc3)cc2)cc1. The summed E-state index contributed by atoms with van der Waals surface area (Å²) < 4.78 is 2.40. The number of fused-ring (bicyclic) bond motifs is 7. The second-order valence-electron chi connectivity index (χ2n) is 10.3. The van der Waals surface area contributed by atoms with Crippen molar-refractivity contribution in [3.63, 3.8) is 0 Å². The summed E-state index contributed by atoms with van der Waals surface area (Å²) in [6.45, 7) is 0. The van der Waals surface area contributed by atoms with Crippen LogP contribution < -0.4 is 4.90 Å². The first-order chi connectivity index (χ1) is 19.8. The van der Waals surface area contributed by atoms with Crippen LogP contribution in [0.15, 0.2) is 158 Å². The van der Waals surface area contributed by atoms with Crippen LogP contribution in [0.1, 0.15) is 0 Å². The molecule has 2 heteroatoms. The van der Waals surface area contributed by atoms with Crippen LogP contribution in [0.2, 0.25) is 0 Å². The topological polar surface area (TPSA) is 8.17 Å². The van der Waals surface area contributed by atoms with Gasteiger partial charge in [0.15, 0.2) is 0 Å². The van der Waals surface area contributed by atoms with Crippen LogP contribution >= 0.6 is 0 Å². The minimum Gasteiger partial charge on any atom is -0.295 e. The normalized spacial score (nSPS) is 11.9. The van der Waals surface area contributed by atoms with Crippen LogP contribution in [-0.4, -0.2) is 4.57 Å². The summed E-state index contributed by atoms with van der Waals surface area (Å²) >= 11 is 0. The molecule has 2 heterocycles. The number of aromatic nitrogens is 1. The quantitative estimate of drug-likeness (QED) is 0.229. The minimum atomic E-state index is 1.13. The molecule has 0 radical (unpaired) electrons. The smallest absolute Gasteiger partial charge is 0.123 e. The average molecular weight is 511 g/mol. The summed E-state index contributed by atoms with van der Waals surface area (Å²) in [5.74, 6) is 1.14. The molecule has 1 aliphatic heterocycles. The maximum Gasteiger partial charge on any atom is 0.123 e. The molecule has 7 aromatic rings. The molecule has 0 bridgehead atoms. The van der Waals surface area contributed by atoms with Gasteiger partial charge in [-0.05, 0) is 58.7 Å². The Morgan fingerprint density at radius 1 is 0.375 bits per heavy atom. The standard InChI is InChI=1S/C38H26N2/c1-2-10-27(11-3-1)28-18-20-29(21-19-28)30-22-24-32(25-23-30)39-36-16-8-5-13-33(36)34-14-6-9-17-37(34)40-35-15-7-4-12-31(35)26-38(39)40/h1-26H. The number of rotatable bonds is 3. The second kappa shape index (κ2) is 9.14. The molecular weight excluding hydrogens is 484 g/mol. The number of hydrogen-bond donors (Lipinski definition) is 0. The van der Waals surface area contributed by atoms with Crippen molar-refractivity contribution in [1.29, 1.82) is 0 Å². The number of para-hydroxylation sites is 3. The summed E-state index contributed by atoms with van der Waals surface area (Å²) in [7, 11) is 0. The largest absolute Gasteiger partial charge is 0.295 e. The van der Waals surface area contributed by atoms with Crippen molar-refractivity contribution >= 4 is 28.1 Å². The molecule has 0 spiro atoms. The van der Waals surface area contributed by atoms with Gasteiger partial charge in [-0.3, -0.25) is 9.47 Å². The Kier molecular flexibility index (Phi) is 5.17. The fourth-order valence-electron chi connectivity index (χ4n) is 6.03. The van der Waals surface area contributed by atoms with Crippen molar-refractivity contribution in [3.05, 3.63) is 158 Å². The molecule has 0 unspecified atom stereocenters. The zero-order valence-electron chi connectivity index (χ0n) is 21.9. The van der Waals surface area contributed by atoms with Gasteiger partial charge in [0.2, 0.25) is 0 Å². The molecule has 1 aromatic heterocycles. The Morgan fingerprint density at radius 2 is 0.875 bits per heavy atom. The molecule has 0 aliphatic carbocycles. The fourth-order valence-corrected chi connectivity index (χ4v) is 6.03. The molecule has 0 amide bonds. The van der Waals surface area contributed by atoms with E-state index in [0.717, 1.165) is 11.5 Å². The lowest BCUT2D eigenvalue weighted by Crippen LogP contribution is -2.12. The predicted octanol–water partition coefficient (Wildman–Crippen LogP) is 10.4. The molecule has 0 fully saturated rings. The van der Waals surface area contributed by atoms with E-state index in [4.69, 9.17) is 0 Å². The summed E-state index contributed by atoms with van der Waals surface area (Å²) in [5.41, 5.74) is 12.1. The number of anilines is 3. The Labute approximate surface area is 234 Å². The number of hydrogen-bond acceptors (Lipinski definition) is 1. The molecule has 0 saturated heterocycles. The molecule has 40 heavy (non-hydrogen) atoms. The number of nitrogens with zero attached hydrogens (tertiary/aromatic N) is 2. The van der Waals surface area contributed by atoms with Gasteiger partial charge in [0.25, 0.3) is 0 Å². The first-order valence-electron chi connectivity index (χ1n) is 13.7. The van der Waals surface area contributed by atoms with E-state index in [1.165, 1.54) is 55.7 Å². The highest BCUT2D eigenvalue weighted by Crippen LogP contribution is 2.48. The predicted molar refractivity (Wildman–Crippen MR) is 168 cm³/mol. The van der Waals surface area contributed by atoms with Gasteiger partial charge in [0, 0.05) is 22.2 Å². The average Bonchev–Trinajstić information content (AvgIpc) is 3.36. The van der Waals surface area contributed by atoms with Gasteiger partial charge < -0.3 is 0 Å². The molecule has 6 aromatic carbocycles. The molecule has 1 aliphatic rings. The monoisotopic (exact) mass is 510 g/mol. The van der Waals surface area contributed by atoms with Crippen molar-refractivity contribution in [3.8, 4) is 39.1 Å². The first-order valence-corrected chi connectivity index (χ1v) is 13.7. The second-order valence-corrected chi connectivity index (χ2v) is 10.3. The Hall–Kier alpha value is -5.34. The highest BCUT2D eigenvalue weighted by molar-refractivity contribution is 5.99. The van der Waals surface area contributed by atoms with Crippen LogP contribution in [0.25, 0.3) is 50.0 Å². The Morgan fingerprint density at radius 3 is 1.57 bits per heavy atom. The van der Waals surface area contributed by atoms with E-state index in [0.29, 0.717) is 0 Å². The highest BCUT2D eigenvalue weighted by Gasteiger charge is 2.27. The Bertz CT molecular complexity index is 1980. The third-order valence-corrected chi connectivity index (χ3v) is 7.95. The van der Waals surface area contributed by atoms with Gasteiger partial charge in [-0.15, -0.1) is 0 Å². The summed E-state index contributed by atoms with van der Waals surface area (Å²) in [6.07, 6.45) is 0.